The largest absolute Gasteiger partial charge is 0.472 e. The number of hydrogen-bond acceptors (Lipinski definition) is 51. The van der Waals surface area contributed by atoms with Crippen molar-refractivity contribution in [3.8, 4) is 0 Å². The first-order valence-electron chi connectivity index (χ1n) is 52.9. The number of amides is 2. The molecule has 8 fully saturated rings. The summed E-state index contributed by atoms with van der Waals surface area (Å²) in [6, 6.07) is -3.82. The SMILES string of the molecule is CCCCCCCCCCCCCCCCOC[C@H](COP(=O)(O)OCCN=C[C@H](NC(C)=O)[C@@H](O)[C@H](O[C@@H]1O[C@H](CO)[C@@H](O[C@@H]2O[C@H](CO[C@H]3O[C@H](CO[C@H]4O[C@H](CO)[C@@H](O)[C@H](O)[C@@H]4O)[C@@H](O)[C@H](O[C@H]4O[C@H](CO)[C@@H](O)[C@H](O)[C@@H]4O)[C@@H]3O)[C@@H](O)[C@H](O[C@H]3O[C@H](CO)[C@@H](O)[C@H](O)[C@@H]3O[C@H]3O[C@H](CO)[C@@H](O)[C@H](O)[C@@H]3O[C@H]3O[C@H](CO)[C@@H](O)[C@H](O)[C@@H]3O)[C@@H]2O)[C@H](O)[C@H]1NC(C)=O)[C@H](O)CO)OCCCCCCCCCCCCCCCC. The van der Waals surface area contributed by atoms with Gasteiger partial charge in [-0.25, -0.2) is 4.57 Å². The van der Waals surface area contributed by atoms with Crippen LogP contribution in [0.1, 0.15) is 207 Å². The number of aliphatic hydroxyl groups is 27. The van der Waals surface area contributed by atoms with E-state index in [4.69, 9.17) is 94.3 Å². The average molecular weight is 2210 g/mol. The molecule has 46 atom stereocenters. The minimum Gasteiger partial charge on any atom is -0.394 e. The van der Waals surface area contributed by atoms with Gasteiger partial charge in [0.1, 0.15) is 220 Å². The number of carbonyl (C=O) groups excluding carboxylic acids is 2. The lowest BCUT2D eigenvalue weighted by Gasteiger charge is -2.51. The van der Waals surface area contributed by atoms with Gasteiger partial charge in [-0.15, -0.1) is 0 Å². The summed E-state index contributed by atoms with van der Waals surface area (Å²) in [6.45, 7) is -4.59. The van der Waals surface area contributed by atoms with Crippen LogP contribution in [0.3, 0.4) is 0 Å². The van der Waals surface area contributed by atoms with E-state index in [0.717, 1.165) is 77.8 Å². The highest BCUT2D eigenvalue weighted by Crippen LogP contribution is 2.44. The van der Waals surface area contributed by atoms with Crippen molar-refractivity contribution in [2.24, 2.45) is 4.99 Å². The summed E-state index contributed by atoms with van der Waals surface area (Å²) >= 11 is 0. The third-order valence-electron chi connectivity index (χ3n) is 27.9. The number of aliphatic hydroxyl groups excluding tert-OH is 27. The lowest BCUT2D eigenvalue weighted by atomic mass is 9.94. The third-order valence-corrected chi connectivity index (χ3v) is 28.9. The zero-order valence-electron chi connectivity index (χ0n) is 85.8. The standard InChI is InChI=1S/C95H174N3O51P/c1-5-7-9-11-13-15-17-19-21-23-25-27-29-31-34-130-45-51(131-35-32-30-28-26-24-22-20-18-16-14-12-10-8-6-2)46-135-150(128,129)134-36-33-96-37-52(97-49(3)106)63(109)82(53(108)38-99)144-88-62(98-50(4)107)71(117)83(59(44-105)141-88)145-93-81(127)85(147-94-87(76(122)68(114)57(42-103)139-94)149-95-86(75(121)67(113)58(43-104)140-95)148-92-79(125)74(120)66(112)56(41-102)138-92)70(116)61(143-93)48-133-90-80(126)84(146-91-78(124)73(119)65(111)55(40-101)137-91)69(115)60(142-90)47-132-89-77(123)72(118)64(110)54(39-100)136-89/h37,51-95,99-105,108-127H,5-36,38-48H2,1-4H3,(H,97,106)(H,98,107)(H,128,129)/t51-,52+,53-,54-,55-,56-,57-,58-,59-,60-,61-,62-,63-,64-,65-,66-,67-,68-,69-,70-,71-,72+,73+,74+,75+,76+,77+,78+,79+,80+,81+,82-,83-,84+,85+,86+,87+,88+,89+,90+,91-,92-,93+,94-,95-/m1/s1. The molecule has 55 heteroatoms. The van der Waals surface area contributed by atoms with Crippen molar-refractivity contribution >= 4 is 25.9 Å². The van der Waals surface area contributed by atoms with E-state index in [-0.39, 0.29) is 6.61 Å². The Morgan fingerprint density at radius 2 is 0.687 bits per heavy atom. The van der Waals surface area contributed by atoms with E-state index in [9.17, 15) is 157 Å². The Morgan fingerprint density at radius 3 is 1.11 bits per heavy atom. The number of aliphatic imine (C=N–C) groups is 1. The van der Waals surface area contributed by atoms with Gasteiger partial charge >= 0.3 is 7.82 Å². The Kier molecular flexibility index (Phi) is 60.6. The molecule has 0 radical (unpaired) electrons. The first-order valence-corrected chi connectivity index (χ1v) is 54.4. The van der Waals surface area contributed by atoms with E-state index in [0.29, 0.717) is 13.2 Å². The zero-order chi connectivity index (χ0) is 110. The fourth-order valence-electron chi connectivity index (χ4n) is 19.0. The number of unbranched alkanes of at least 4 members (excludes halogenated alkanes) is 26. The summed E-state index contributed by atoms with van der Waals surface area (Å²) in [4.78, 5) is 41.5. The van der Waals surface area contributed by atoms with E-state index in [1.165, 1.54) is 122 Å². The van der Waals surface area contributed by atoms with E-state index >= 15 is 0 Å². The number of carbonyl (C=O) groups is 2. The molecule has 2 amide bonds. The van der Waals surface area contributed by atoms with Crippen molar-refractivity contribution in [2.45, 2.75) is 484 Å². The Hall–Kier alpha value is -3.08. The molecular formula is C95H174N3O51P. The quantitative estimate of drug-likeness (QED) is 0.0153. The van der Waals surface area contributed by atoms with Crippen LogP contribution in [0, 0.1) is 0 Å². The van der Waals surface area contributed by atoms with Crippen LogP contribution in [-0.4, -0.2) is 536 Å². The topological polar surface area (TPSA) is 839 Å². The molecule has 150 heavy (non-hydrogen) atoms. The molecule has 30 N–H and O–H groups in total. The van der Waals surface area contributed by atoms with E-state index in [2.05, 4.69) is 29.5 Å². The molecule has 0 aromatic rings. The first kappa shape index (κ1) is 132. The van der Waals surface area contributed by atoms with Crippen LogP contribution in [0.2, 0.25) is 0 Å². The summed E-state index contributed by atoms with van der Waals surface area (Å²) in [5, 5.41) is 307. The smallest absolute Gasteiger partial charge is 0.394 e. The van der Waals surface area contributed by atoms with Crippen LogP contribution in [0.25, 0.3) is 0 Å². The second kappa shape index (κ2) is 68.9. The Labute approximate surface area is 871 Å². The second-order valence-electron chi connectivity index (χ2n) is 39.6. The van der Waals surface area contributed by atoms with Gasteiger partial charge in [-0.2, -0.15) is 0 Å². The molecule has 0 aromatic heterocycles. The average Bonchev–Trinajstić information content (AvgIpc) is 0.725. The summed E-state index contributed by atoms with van der Waals surface area (Å²) in [5.74, 6) is -1.87. The number of ether oxygens (including phenoxy) is 18. The van der Waals surface area contributed by atoms with Gasteiger partial charge in [0.05, 0.1) is 91.9 Å². The number of nitrogens with one attached hydrogen (secondary N) is 2. The molecule has 880 valence electrons. The highest BCUT2D eigenvalue weighted by atomic mass is 31.2. The molecule has 0 aromatic carbocycles. The highest BCUT2D eigenvalue weighted by Gasteiger charge is 2.61. The van der Waals surface area contributed by atoms with Gasteiger partial charge in [0.25, 0.3) is 0 Å². The predicted octanol–water partition coefficient (Wildman–Crippen LogP) is -8.13. The number of hydrogen-bond donors (Lipinski definition) is 30. The van der Waals surface area contributed by atoms with E-state index < -0.39 is 375 Å². The molecule has 0 spiro atoms. The van der Waals surface area contributed by atoms with Crippen molar-refractivity contribution in [1.82, 2.24) is 10.6 Å². The lowest BCUT2D eigenvalue weighted by Crippen LogP contribution is -2.70. The molecule has 0 saturated carbocycles. The maximum Gasteiger partial charge on any atom is 0.472 e. The molecule has 8 saturated heterocycles. The molecule has 8 rings (SSSR count). The van der Waals surface area contributed by atoms with Gasteiger partial charge in [0.2, 0.25) is 11.8 Å². The van der Waals surface area contributed by atoms with Crippen LogP contribution in [0.15, 0.2) is 4.99 Å². The van der Waals surface area contributed by atoms with Crippen molar-refractivity contribution in [1.29, 1.82) is 0 Å². The maximum absolute atomic E-state index is 13.5. The molecule has 0 bridgehead atoms. The summed E-state index contributed by atoms with van der Waals surface area (Å²) in [5.41, 5.74) is 0. The lowest BCUT2D eigenvalue weighted by molar-refractivity contribution is -0.408. The van der Waals surface area contributed by atoms with Gasteiger partial charge < -0.3 is 239 Å². The van der Waals surface area contributed by atoms with Crippen LogP contribution in [-0.2, 0) is 108 Å². The van der Waals surface area contributed by atoms with Crippen LogP contribution >= 0.6 is 7.82 Å². The molecule has 8 aliphatic heterocycles. The van der Waals surface area contributed by atoms with Gasteiger partial charge in [-0.05, 0) is 12.8 Å². The van der Waals surface area contributed by atoms with Crippen LogP contribution in [0.5, 0.6) is 0 Å². The van der Waals surface area contributed by atoms with Crippen molar-refractivity contribution in [3.63, 3.8) is 0 Å². The number of rotatable bonds is 71. The first-order chi connectivity index (χ1) is 71.8. The molecule has 54 nitrogen and oxygen atoms in total. The molecule has 8 aliphatic rings. The van der Waals surface area contributed by atoms with E-state index in [1.54, 1.807) is 0 Å². The van der Waals surface area contributed by atoms with Crippen molar-refractivity contribution in [3.05, 3.63) is 0 Å². The van der Waals surface area contributed by atoms with Gasteiger partial charge in [-0.1, -0.05) is 181 Å². The minimum atomic E-state index is -4.87. The van der Waals surface area contributed by atoms with Crippen molar-refractivity contribution < 1.29 is 251 Å². The number of phosphoric ester groups is 1. The molecular weight excluding hydrogens is 2030 g/mol. The molecule has 0 aliphatic carbocycles. The predicted molar refractivity (Wildman–Crippen MR) is 512 cm³/mol. The van der Waals surface area contributed by atoms with Gasteiger partial charge in [-0.3, -0.25) is 23.6 Å². The molecule has 1 unspecified atom stereocenters. The normalized spacial score (nSPS) is 38.2. The number of nitrogens with zero attached hydrogens (tertiary/aromatic N) is 1. The Morgan fingerprint density at radius 1 is 0.347 bits per heavy atom. The fourth-order valence-corrected chi connectivity index (χ4v) is 19.7. The number of phosphoric acid groups is 1. The van der Waals surface area contributed by atoms with Crippen LogP contribution < -0.4 is 10.6 Å². The third kappa shape index (κ3) is 39.7. The fraction of sp³-hybridized carbons (Fsp3) is 0.968. The highest BCUT2D eigenvalue weighted by molar-refractivity contribution is 7.47. The Bertz CT molecular complexity index is 3700. The van der Waals surface area contributed by atoms with Crippen LogP contribution in [0.4, 0.5) is 0 Å². The van der Waals surface area contributed by atoms with Gasteiger partial charge in [0, 0.05) is 33.3 Å². The summed E-state index contributed by atoms with van der Waals surface area (Å²) in [6.07, 6.45) is -59.1. The van der Waals surface area contributed by atoms with E-state index in [1.807, 2.05) is 0 Å². The summed E-state index contributed by atoms with van der Waals surface area (Å²) < 4.78 is 131. The monoisotopic (exact) mass is 2200 g/mol. The minimum absolute atomic E-state index is 0.0567. The van der Waals surface area contributed by atoms with Crippen molar-refractivity contribution in [2.75, 3.05) is 99.0 Å². The zero-order valence-corrected chi connectivity index (χ0v) is 86.7. The molecule has 8 heterocycles. The Balaban J connectivity index is 1.02. The summed E-state index contributed by atoms with van der Waals surface area (Å²) in [7, 11) is -4.87. The maximum atomic E-state index is 13.5. The van der Waals surface area contributed by atoms with Gasteiger partial charge in [0.15, 0.2) is 50.3 Å². The second-order valence-corrected chi connectivity index (χ2v) is 41.1.